The van der Waals surface area contributed by atoms with Crippen LogP contribution in [0.1, 0.15) is 5.56 Å². The minimum Gasteiger partial charge on any atom is -0.494 e. The minimum atomic E-state index is 0.907. The molecule has 3 nitrogen and oxygen atoms in total. The largest absolute Gasteiger partial charge is 0.494 e. The summed E-state index contributed by atoms with van der Waals surface area (Å²) in [4.78, 5) is 0. The third-order valence-corrected chi connectivity index (χ3v) is 2.78. The topological polar surface area (TPSA) is 26.5 Å². The lowest BCUT2D eigenvalue weighted by Gasteiger charge is -2.06. The molecule has 0 aliphatic carbocycles. The Labute approximate surface area is 89.8 Å². The monoisotopic (exact) mass is 288 g/mol. The van der Waals surface area contributed by atoms with Gasteiger partial charge in [-0.15, -0.1) is 0 Å². The van der Waals surface area contributed by atoms with E-state index in [1.165, 1.54) is 0 Å². The Balaban J connectivity index is 2.88. The molecule has 0 spiro atoms. The van der Waals surface area contributed by atoms with Crippen LogP contribution in [0.4, 0.5) is 0 Å². The zero-order chi connectivity index (χ0) is 9.42. The fraction of sp³-hybridized carbons (Fsp3) is 0.222. The van der Waals surface area contributed by atoms with Crippen molar-refractivity contribution >= 4 is 28.1 Å². The summed E-state index contributed by atoms with van der Waals surface area (Å²) < 4.78 is 8.27. The summed E-state index contributed by atoms with van der Waals surface area (Å²) in [6, 6.07) is 1.99. The van der Waals surface area contributed by atoms with Gasteiger partial charge in [0.05, 0.1) is 16.9 Å². The summed E-state index contributed by atoms with van der Waals surface area (Å²) in [5, 5.41) is 4.20. The molecule has 2 aromatic heterocycles. The van der Waals surface area contributed by atoms with Crippen LogP contribution < -0.4 is 4.74 Å². The smallest absolute Gasteiger partial charge is 0.148 e. The average molecular weight is 288 g/mol. The van der Waals surface area contributed by atoms with E-state index in [0.29, 0.717) is 0 Å². The third kappa shape index (κ3) is 1.29. The van der Waals surface area contributed by atoms with Crippen molar-refractivity contribution in [2.24, 2.45) is 0 Å². The Hall–Kier alpha value is -0.780. The highest BCUT2D eigenvalue weighted by Crippen LogP contribution is 2.27. The fourth-order valence-electron chi connectivity index (χ4n) is 1.37. The number of hydrogen-bond acceptors (Lipinski definition) is 2. The number of pyridine rings is 1. The summed E-state index contributed by atoms with van der Waals surface area (Å²) in [5.41, 5.74) is 2.18. The van der Waals surface area contributed by atoms with Gasteiger partial charge in [-0.2, -0.15) is 5.10 Å². The van der Waals surface area contributed by atoms with Crippen LogP contribution in [-0.4, -0.2) is 16.7 Å². The van der Waals surface area contributed by atoms with Crippen LogP contribution in [0.3, 0.4) is 0 Å². The molecule has 68 valence electrons. The average Bonchev–Trinajstić information content (AvgIpc) is 2.49. The molecule has 2 aromatic rings. The van der Waals surface area contributed by atoms with E-state index in [9.17, 15) is 0 Å². The van der Waals surface area contributed by atoms with E-state index >= 15 is 0 Å². The van der Waals surface area contributed by atoms with Crippen molar-refractivity contribution in [2.45, 2.75) is 6.92 Å². The molecule has 0 aromatic carbocycles. The van der Waals surface area contributed by atoms with Gasteiger partial charge in [-0.25, -0.2) is 4.52 Å². The molecule has 2 heterocycles. The first-order chi connectivity index (χ1) is 6.24. The predicted octanol–water partition coefficient (Wildman–Crippen LogP) is 2.26. The minimum absolute atomic E-state index is 0.907. The summed E-state index contributed by atoms with van der Waals surface area (Å²) in [5.74, 6) is 0.907. The van der Waals surface area contributed by atoms with Crippen LogP contribution in [0.5, 0.6) is 5.75 Å². The molecule has 4 heteroatoms. The number of aromatic nitrogens is 2. The van der Waals surface area contributed by atoms with Gasteiger partial charge in [0.2, 0.25) is 0 Å². The lowest BCUT2D eigenvalue weighted by molar-refractivity contribution is 0.414. The molecule has 0 amide bonds. The van der Waals surface area contributed by atoms with E-state index in [1.807, 2.05) is 29.9 Å². The van der Waals surface area contributed by atoms with Crippen LogP contribution in [-0.2, 0) is 0 Å². The zero-order valence-electron chi connectivity index (χ0n) is 7.41. The SMILES string of the molecule is COc1c(C)ccn2ncc(I)c12. The molecule has 2 rings (SSSR count). The standard InChI is InChI=1S/C9H9IN2O/c1-6-3-4-12-8(9(6)13-2)7(10)5-11-12/h3-5H,1-2H3. The van der Waals surface area contributed by atoms with Crippen molar-refractivity contribution in [3.63, 3.8) is 0 Å². The summed E-state index contributed by atoms with van der Waals surface area (Å²) in [7, 11) is 1.69. The first kappa shape index (κ1) is 8.80. The number of nitrogens with zero attached hydrogens (tertiary/aromatic N) is 2. The van der Waals surface area contributed by atoms with E-state index in [1.54, 1.807) is 7.11 Å². The number of ether oxygens (including phenoxy) is 1. The number of halogens is 1. The third-order valence-electron chi connectivity index (χ3n) is 1.99. The lowest BCUT2D eigenvalue weighted by Crippen LogP contribution is -1.94. The van der Waals surface area contributed by atoms with Gasteiger partial charge in [0, 0.05) is 6.20 Å². The van der Waals surface area contributed by atoms with Crippen LogP contribution in [0.2, 0.25) is 0 Å². The van der Waals surface area contributed by atoms with Crippen LogP contribution in [0.25, 0.3) is 5.52 Å². The maximum Gasteiger partial charge on any atom is 0.148 e. The summed E-state index contributed by atoms with van der Waals surface area (Å²) >= 11 is 2.26. The number of methoxy groups -OCH3 is 1. The van der Waals surface area contributed by atoms with Gasteiger partial charge in [-0.05, 0) is 41.1 Å². The van der Waals surface area contributed by atoms with Crippen LogP contribution in [0.15, 0.2) is 18.5 Å². The highest BCUT2D eigenvalue weighted by Gasteiger charge is 2.09. The van der Waals surface area contributed by atoms with Crippen molar-refractivity contribution in [2.75, 3.05) is 7.11 Å². The number of hydrogen-bond donors (Lipinski definition) is 0. The molecule has 0 unspecified atom stereocenters. The maximum absolute atomic E-state index is 5.33. The number of aryl methyl sites for hydroxylation is 1. The van der Waals surface area contributed by atoms with Gasteiger partial charge in [0.1, 0.15) is 11.3 Å². The van der Waals surface area contributed by atoms with Gasteiger partial charge in [-0.1, -0.05) is 0 Å². The van der Waals surface area contributed by atoms with Gasteiger partial charge < -0.3 is 4.74 Å². The van der Waals surface area contributed by atoms with Gasteiger partial charge in [0.15, 0.2) is 0 Å². The second-order valence-electron chi connectivity index (χ2n) is 2.82. The number of fused-ring (bicyclic) bond motifs is 1. The second-order valence-corrected chi connectivity index (χ2v) is 3.98. The predicted molar refractivity (Wildman–Crippen MR) is 59.2 cm³/mol. The maximum atomic E-state index is 5.33. The molecule has 0 aliphatic heterocycles. The van der Waals surface area contributed by atoms with Crippen LogP contribution >= 0.6 is 22.6 Å². The van der Waals surface area contributed by atoms with E-state index in [2.05, 4.69) is 27.7 Å². The molecule has 0 bridgehead atoms. The molecular weight excluding hydrogens is 279 g/mol. The van der Waals surface area contributed by atoms with E-state index in [-0.39, 0.29) is 0 Å². The summed E-state index contributed by atoms with van der Waals surface area (Å²) in [6.07, 6.45) is 3.77. The van der Waals surface area contributed by atoms with Crippen molar-refractivity contribution < 1.29 is 4.74 Å². The fourth-order valence-corrected chi connectivity index (χ4v) is 1.99. The first-order valence-electron chi connectivity index (χ1n) is 3.90. The molecule has 0 radical (unpaired) electrons. The molecular formula is C9H9IN2O. The molecule has 0 aliphatic rings. The first-order valence-corrected chi connectivity index (χ1v) is 4.98. The molecule has 0 fully saturated rings. The summed E-state index contributed by atoms with van der Waals surface area (Å²) in [6.45, 7) is 2.03. The van der Waals surface area contributed by atoms with Gasteiger partial charge in [-0.3, -0.25) is 0 Å². The Morgan fingerprint density at radius 3 is 3.00 bits per heavy atom. The molecule has 0 saturated heterocycles. The van der Waals surface area contributed by atoms with Gasteiger partial charge in [0.25, 0.3) is 0 Å². The zero-order valence-corrected chi connectivity index (χ0v) is 9.57. The Kier molecular flexibility index (Phi) is 2.15. The molecule has 0 N–H and O–H groups in total. The van der Waals surface area contributed by atoms with Crippen molar-refractivity contribution in [3.05, 3.63) is 27.6 Å². The van der Waals surface area contributed by atoms with Crippen molar-refractivity contribution in [1.29, 1.82) is 0 Å². The normalized spacial score (nSPS) is 10.7. The Bertz CT molecular complexity index is 450. The van der Waals surface area contributed by atoms with E-state index < -0.39 is 0 Å². The molecule has 0 saturated carbocycles. The quantitative estimate of drug-likeness (QED) is 0.752. The van der Waals surface area contributed by atoms with Crippen molar-refractivity contribution in [3.8, 4) is 5.75 Å². The van der Waals surface area contributed by atoms with E-state index in [4.69, 9.17) is 4.74 Å². The Morgan fingerprint density at radius 1 is 1.54 bits per heavy atom. The van der Waals surface area contributed by atoms with Gasteiger partial charge >= 0.3 is 0 Å². The molecule has 13 heavy (non-hydrogen) atoms. The second kappa shape index (κ2) is 3.17. The highest BCUT2D eigenvalue weighted by atomic mass is 127. The van der Waals surface area contributed by atoms with Crippen LogP contribution in [0, 0.1) is 10.5 Å². The van der Waals surface area contributed by atoms with Crippen molar-refractivity contribution in [1.82, 2.24) is 9.61 Å². The van der Waals surface area contributed by atoms with E-state index in [0.717, 1.165) is 20.4 Å². The molecule has 0 atom stereocenters. The Morgan fingerprint density at radius 2 is 2.31 bits per heavy atom. The number of rotatable bonds is 1. The highest BCUT2D eigenvalue weighted by molar-refractivity contribution is 14.1. The lowest BCUT2D eigenvalue weighted by atomic mass is 10.2.